The maximum atomic E-state index is 12.8. The molecule has 0 heterocycles. The van der Waals surface area contributed by atoms with E-state index in [2.05, 4.69) is 24.5 Å². The van der Waals surface area contributed by atoms with Crippen LogP contribution >= 0.6 is 0 Å². The molecule has 0 saturated heterocycles. The molecule has 0 aliphatic rings. The van der Waals surface area contributed by atoms with E-state index in [4.69, 9.17) is 5.26 Å². The van der Waals surface area contributed by atoms with Crippen molar-refractivity contribution in [2.75, 3.05) is 5.32 Å². The summed E-state index contributed by atoms with van der Waals surface area (Å²) in [6, 6.07) is 15.4. The minimum atomic E-state index is -0.480. The predicted molar refractivity (Wildman–Crippen MR) is 96.1 cm³/mol. The van der Waals surface area contributed by atoms with Gasteiger partial charge in [-0.2, -0.15) is 5.26 Å². The van der Waals surface area contributed by atoms with Gasteiger partial charge in [-0.05, 0) is 41.3 Å². The molecule has 0 spiro atoms. The van der Waals surface area contributed by atoms with Crippen molar-refractivity contribution in [3.63, 3.8) is 0 Å². The fourth-order valence-electron chi connectivity index (χ4n) is 2.17. The fraction of sp³-hybridized carbons (Fsp3) is 0.200. The van der Waals surface area contributed by atoms with Crippen molar-refractivity contribution < 1.29 is 9.18 Å². The monoisotopic (exact) mass is 337 g/mol. The van der Waals surface area contributed by atoms with Gasteiger partial charge in [-0.25, -0.2) is 4.39 Å². The molecule has 4 nitrogen and oxygen atoms in total. The summed E-state index contributed by atoms with van der Waals surface area (Å²) in [6.07, 6.45) is 1.36. The number of hydrogen-bond donors (Lipinski definition) is 2. The van der Waals surface area contributed by atoms with Gasteiger partial charge in [0, 0.05) is 18.4 Å². The van der Waals surface area contributed by atoms with Crippen molar-refractivity contribution in [1.82, 2.24) is 5.32 Å². The van der Waals surface area contributed by atoms with Gasteiger partial charge in [0.15, 0.2) is 0 Å². The number of carbonyl (C=O) groups is 1. The highest BCUT2D eigenvalue weighted by molar-refractivity contribution is 6.06. The lowest BCUT2D eigenvalue weighted by Gasteiger charge is -2.08. The van der Waals surface area contributed by atoms with Crippen LogP contribution in [0.3, 0.4) is 0 Å². The Morgan fingerprint density at radius 1 is 1.16 bits per heavy atom. The summed E-state index contributed by atoms with van der Waals surface area (Å²) in [5, 5.41) is 14.7. The average molecular weight is 337 g/mol. The molecule has 25 heavy (non-hydrogen) atoms. The largest absolute Gasteiger partial charge is 0.386 e. The lowest BCUT2D eigenvalue weighted by Crippen LogP contribution is -2.16. The van der Waals surface area contributed by atoms with Crippen LogP contribution < -0.4 is 10.6 Å². The van der Waals surface area contributed by atoms with E-state index in [-0.39, 0.29) is 11.4 Å². The van der Waals surface area contributed by atoms with E-state index >= 15 is 0 Å². The Morgan fingerprint density at radius 2 is 1.80 bits per heavy atom. The Hall–Kier alpha value is -3.13. The van der Waals surface area contributed by atoms with Gasteiger partial charge < -0.3 is 10.6 Å². The normalized spacial score (nSPS) is 11.1. The number of nitriles is 1. The number of amides is 1. The van der Waals surface area contributed by atoms with Crippen LogP contribution in [0.5, 0.6) is 0 Å². The lowest BCUT2D eigenvalue weighted by atomic mass is 10.0. The highest BCUT2D eigenvalue weighted by Gasteiger charge is 2.09. The highest BCUT2D eigenvalue weighted by Crippen LogP contribution is 2.17. The molecule has 0 fully saturated rings. The molecule has 0 atom stereocenters. The van der Waals surface area contributed by atoms with Crippen LogP contribution in [0.1, 0.15) is 30.9 Å². The standard InChI is InChI=1S/C20H20FN3O/c1-14(2)16-5-9-19(10-6-16)24-20(25)17(11-22)13-23-12-15-3-7-18(21)8-4-15/h3-10,13-14,23H,12H2,1-2H3,(H,24,25)/b17-13-. The summed E-state index contributed by atoms with van der Waals surface area (Å²) in [7, 11) is 0. The summed E-state index contributed by atoms with van der Waals surface area (Å²) in [4.78, 5) is 12.2. The van der Waals surface area contributed by atoms with Crippen LogP contribution in [0.4, 0.5) is 10.1 Å². The summed E-state index contributed by atoms with van der Waals surface area (Å²) in [5.74, 6) is -0.374. The van der Waals surface area contributed by atoms with E-state index in [0.717, 1.165) is 5.56 Å². The van der Waals surface area contributed by atoms with Crippen molar-refractivity contribution in [2.24, 2.45) is 0 Å². The molecular formula is C20H20FN3O. The molecule has 2 aromatic carbocycles. The number of nitrogens with one attached hydrogen (secondary N) is 2. The van der Waals surface area contributed by atoms with Gasteiger partial charge in [-0.1, -0.05) is 38.1 Å². The second-order valence-electron chi connectivity index (χ2n) is 5.91. The van der Waals surface area contributed by atoms with Crippen LogP contribution in [-0.2, 0) is 11.3 Å². The van der Waals surface area contributed by atoms with Crippen LogP contribution in [-0.4, -0.2) is 5.91 Å². The zero-order valence-corrected chi connectivity index (χ0v) is 14.2. The first-order valence-corrected chi connectivity index (χ1v) is 7.99. The lowest BCUT2D eigenvalue weighted by molar-refractivity contribution is -0.112. The van der Waals surface area contributed by atoms with Crippen LogP contribution in [0.2, 0.25) is 0 Å². The molecule has 0 saturated carbocycles. The van der Waals surface area contributed by atoms with E-state index in [1.807, 2.05) is 30.3 Å². The zero-order chi connectivity index (χ0) is 18.2. The molecule has 2 rings (SSSR count). The molecule has 2 aromatic rings. The van der Waals surface area contributed by atoms with Crippen molar-refractivity contribution in [3.05, 3.63) is 77.2 Å². The Labute approximate surface area is 147 Å². The van der Waals surface area contributed by atoms with Crippen molar-refractivity contribution >= 4 is 11.6 Å². The molecule has 5 heteroatoms. The topological polar surface area (TPSA) is 64.9 Å². The first-order chi connectivity index (χ1) is 12.0. The first-order valence-electron chi connectivity index (χ1n) is 7.99. The Morgan fingerprint density at radius 3 is 2.36 bits per heavy atom. The summed E-state index contributed by atoms with van der Waals surface area (Å²) < 4.78 is 12.8. The van der Waals surface area contributed by atoms with Crippen LogP contribution in [0, 0.1) is 17.1 Å². The zero-order valence-electron chi connectivity index (χ0n) is 14.2. The second-order valence-corrected chi connectivity index (χ2v) is 5.91. The van der Waals surface area contributed by atoms with E-state index in [9.17, 15) is 9.18 Å². The van der Waals surface area contributed by atoms with E-state index in [0.29, 0.717) is 18.2 Å². The minimum Gasteiger partial charge on any atom is -0.386 e. The summed E-state index contributed by atoms with van der Waals surface area (Å²) in [5.41, 5.74) is 2.62. The maximum absolute atomic E-state index is 12.8. The molecular weight excluding hydrogens is 317 g/mol. The number of nitrogens with zero attached hydrogens (tertiary/aromatic N) is 1. The molecule has 0 unspecified atom stereocenters. The maximum Gasteiger partial charge on any atom is 0.267 e. The third kappa shape index (κ3) is 5.47. The van der Waals surface area contributed by atoms with E-state index in [1.54, 1.807) is 12.1 Å². The third-order valence-electron chi connectivity index (χ3n) is 3.67. The van der Waals surface area contributed by atoms with Gasteiger partial charge in [0.2, 0.25) is 0 Å². The van der Waals surface area contributed by atoms with Crippen molar-refractivity contribution in [2.45, 2.75) is 26.3 Å². The second kappa shape index (κ2) is 8.65. The number of rotatable bonds is 6. The fourth-order valence-corrected chi connectivity index (χ4v) is 2.17. The third-order valence-corrected chi connectivity index (χ3v) is 3.67. The number of carbonyl (C=O) groups excluding carboxylic acids is 1. The van der Waals surface area contributed by atoms with E-state index < -0.39 is 5.91 Å². The Bertz CT molecular complexity index is 787. The van der Waals surface area contributed by atoms with Gasteiger partial charge in [0.05, 0.1) is 0 Å². The van der Waals surface area contributed by atoms with Gasteiger partial charge in [-0.3, -0.25) is 4.79 Å². The molecule has 128 valence electrons. The minimum absolute atomic E-state index is 0.0324. The Balaban J connectivity index is 1.95. The van der Waals surface area contributed by atoms with E-state index in [1.165, 1.54) is 23.9 Å². The summed E-state index contributed by atoms with van der Waals surface area (Å²) >= 11 is 0. The molecule has 2 N–H and O–H groups in total. The first kappa shape index (κ1) is 18.2. The number of halogens is 1. The molecule has 0 radical (unpaired) electrons. The smallest absolute Gasteiger partial charge is 0.267 e. The molecule has 0 aliphatic carbocycles. The average Bonchev–Trinajstić information content (AvgIpc) is 2.60. The van der Waals surface area contributed by atoms with Gasteiger partial charge >= 0.3 is 0 Å². The highest BCUT2D eigenvalue weighted by atomic mass is 19.1. The quantitative estimate of drug-likeness (QED) is 0.616. The number of anilines is 1. The Kier molecular flexibility index (Phi) is 6.30. The van der Waals surface area contributed by atoms with Crippen molar-refractivity contribution in [1.29, 1.82) is 5.26 Å². The molecule has 0 aliphatic heterocycles. The van der Waals surface area contributed by atoms with Crippen LogP contribution in [0.15, 0.2) is 60.3 Å². The predicted octanol–water partition coefficient (Wildman–Crippen LogP) is 4.08. The van der Waals surface area contributed by atoms with Crippen molar-refractivity contribution in [3.8, 4) is 6.07 Å². The number of benzene rings is 2. The van der Waals surface area contributed by atoms with Gasteiger partial charge in [0.1, 0.15) is 17.5 Å². The number of hydrogen-bond acceptors (Lipinski definition) is 3. The van der Waals surface area contributed by atoms with Crippen LogP contribution in [0.25, 0.3) is 0 Å². The molecule has 0 bridgehead atoms. The SMILES string of the molecule is CC(C)c1ccc(NC(=O)/C(C#N)=C\NCc2ccc(F)cc2)cc1. The van der Waals surface area contributed by atoms with Gasteiger partial charge in [0.25, 0.3) is 5.91 Å². The molecule has 0 aromatic heterocycles. The van der Waals surface area contributed by atoms with Gasteiger partial charge in [-0.15, -0.1) is 0 Å². The molecule has 1 amide bonds. The summed E-state index contributed by atoms with van der Waals surface area (Å²) in [6.45, 7) is 4.58.